The number of hydrogen-bond donors (Lipinski definition) is 3. The van der Waals surface area contributed by atoms with Crippen LogP contribution in [0.4, 0.5) is 0 Å². The SMILES string of the molecule is CC(=O)N1C[C@@H](N)CC[C@@H](C(=O)NC2CCN(Cc3ncc[nH]3)CC2)C1.Cl.Cl. The maximum Gasteiger partial charge on any atom is 0.225 e. The summed E-state index contributed by atoms with van der Waals surface area (Å²) in [6.45, 7) is 5.28. The average Bonchev–Trinajstić information content (AvgIpc) is 3.03. The van der Waals surface area contributed by atoms with Gasteiger partial charge in [-0.3, -0.25) is 14.5 Å². The predicted molar refractivity (Wildman–Crippen MR) is 112 cm³/mol. The van der Waals surface area contributed by atoms with E-state index in [-0.39, 0.29) is 54.6 Å². The van der Waals surface area contributed by atoms with Crippen molar-refractivity contribution in [2.75, 3.05) is 26.2 Å². The molecule has 1 aromatic heterocycles. The number of nitrogens with zero attached hydrogens (tertiary/aromatic N) is 3. The Morgan fingerprint density at radius 3 is 2.54 bits per heavy atom. The normalized spacial score (nSPS) is 23.9. The molecule has 0 spiro atoms. The van der Waals surface area contributed by atoms with Gasteiger partial charge in [-0.25, -0.2) is 4.98 Å². The van der Waals surface area contributed by atoms with Gasteiger partial charge in [-0.2, -0.15) is 0 Å². The smallest absolute Gasteiger partial charge is 0.225 e. The van der Waals surface area contributed by atoms with Crippen LogP contribution in [0.3, 0.4) is 0 Å². The van der Waals surface area contributed by atoms with E-state index >= 15 is 0 Å². The number of carbonyl (C=O) groups excluding carboxylic acids is 2. The van der Waals surface area contributed by atoms with Gasteiger partial charge in [0, 0.05) is 57.6 Å². The second-order valence-corrected chi connectivity index (χ2v) is 7.55. The summed E-state index contributed by atoms with van der Waals surface area (Å²) in [4.78, 5) is 35.9. The summed E-state index contributed by atoms with van der Waals surface area (Å²) < 4.78 is 0. The Kier molecular flexibility index (Phi) is 10.2. The van der Waals surface area contributed by atoms with Crippen molar-refractivity contribution >= 4 is 36.6 Å². The molecule has 0 unspecified atom stereocenters. The third kappa shape index (κ3) is 6.92. The standard InChI is InChI=1S/C18H30N6O2.2ClH/c1-13(25)24-10-14(2-3-15(19)11-24)18(26)22-16-4-8-23(9-5-16)12-17-20-6-7-21-17;;/h6-7,14-16H,2-5,8-12,19H2,1H3,(H,20,21)(H,22,26);2*1H/t14-,15+;;/m1../s1. The van der Waals surface area contributed by atoms with E-state index in [1.807, 2.05) is 6.20 Å². The molecule has 0 saturated carbocycles. The van der Waals surface area contributed by atoms with E-state index < -0.39 is 0 Å². The minimum absolute atomic E-state index is 0. The molecule has 8 nitrogen and oxygen atoms in total. The molecule has 0 bridgehead atoms. The summed E-state index contributed by atoms with van der Waals surface area (Å²) in [6, 6.07) is 0.166. The van der Waals surface area contributed by atoms with Crippen molar-refractivity contribution in [3.63, 3.8) is 0 Å². The Bertz CT molecular complexity index is 607. The fourth-order valence-corrected chi connectivity index (χ4v) is 3.84. The fraction of sp³-hybridized carbons (Fsp3) is 0.722. The summed E-state index contributed by atoms with van der Waals surface area (Å²) in [5.41, 5.74) is 6.04. The minimum Gasteiger partial charge on any atom is -0.353 e. The van der Waals surface area contributed by atoms with Crippen LogP contribution in [-0.4, -0.2) is 69.8 Å². The number of aromatic amines is 1. The van der Waals surface area contributed by atoms with Crippen LogP contribution in [0.1, 0.15) is 38.4 Å². The predicted octanol–water partition coefficient (Wildman–Crippen LogP) is 0.920. The Balaban J connectivity index is 0.00000196. The molecule has 0 radical (unpaired) electrons. The van der Waals surface area contributed by atoms with Crippen LogP contribution in [-0.2, 0) is 16.1 Å². The van der Waals surface area contributed by atoms with Crippen molar-refractivity contribution in [3.05, 3.63) is 18.2 Å². The number of hydrogen-bond acceptors (Lipinski definition) is 5. The van der Waals surface area contributed by atoms with E-state index in [1.165, 1.54) is 0 Å². The van der Waals surface area contributed by atoms with Gasteiger partial charge in [0.15, 0.2) is 0 Å². The average molecular weight is 435 g/mol. The molecule has 10 heteroatoms. The summed E-state index contributed by atoms with van der Waals surface area (Å²) >= 11 is 0. The van der Waals surface area contributed by atoms with Crippen LogP contribution in [0.15, 0.2) is 12.4 Å². The highest BCUT2D eigenvalue weighted by atomic mass is 35.5. The number of nitrogens with one attached hydrogen (secondary N) is 2. The number of halogens is 2. The lowest BCUT2D eigenvalue weighted by atomic mass is 9.99. The number of H-pyrrole nitrogens is 1. The van der Waals surface area contributed by atoms with Gasteiger partial charge in [-0.1, -0.05) is 0 Å². The van der Waals surface area contributed by atoms with Crippen LogP contribution in [0.25, 0.3) is 0 Å². The molecule has 1 aromatic rings. The summed E-state index contributed by atoms with van der Waals surface area (Å²) in [6.07, 6.45) is 7.01. The van der Waals surface area contributed by atoms with Crippen molar-refractivity contribution in [1.29, 1.82) is 0 Å². The Labute approximate surface area is 178 Å². The van der Waals surface area contributed by atoms with Crippen molar-refractivity contribution in [2.45, 2.75) is 51.2 Å². The quantitative estimate of drug-likeness (QED) is 0.652. The van der Waals surface area contributed by atoms with Crippen molar-refractivity contribution < 1.29 is 9.59 Å². The van der Waals surface area contributed by atoms with Crippen LogP contribution in [0.2, 0.25) is 0 Å². The zero-order valence-corrected chi connectivity index (χ0v) is 17.9. The number of nitrogens with two attached hydrogens (primary N) is 1. The van der Waals surface area contributed by atoms with E-state index in [2.05, 4.69) is 20.2 Å². The zero-order valence-electron chi connectivity index (χ0n) is 16.3. The van der Waals surface area contributed by atoms with E-state index in [4.69, 9.17) is 5.73 Å². The van der Waals surface area contributed by atoms with Crippen LogP contribution in [0.5, 0.6) is 0 Å². The molecule has 3 heterocycles. The second kappa shape index (κ2) is 11.6. The highest BCUT2D eigenvalue weighted by molar-refractivity contribution is 5.85. The molecule has 2 saturated heterocycles. The molecular weight excluding hydrogens is 403 g/mol. The first kappa shape index (κ1) is 24.7. The van der Waals surface area contributed by atoms with Crippen LogP contribution in [0, 0.1) is 5.92 Å². The Morgan fingerprint density at radius 2 is 1.93 bits per heavy atom. The van der Waals surface area contributed by atoms with E-state index in [9.17, 15) is 9.59 Å². The third-order valence-electron chi connectivity index (χ3n) is 5.46. The highest BCUT2D eigenvalue weighted by Crippen LogP contribution is 2.18. The lowest BCUT2D eigenvalue weighted by Crippen LogP contribution is -2.48. The van der Waals surface area contributed by atoms with Gasteiger partial charge < -0.3 is 20.9 Å². The third-order valence-corrected chi connectivity index (χ3v) is 5.46. The number of carbonyl (C=O) groups is 2. The van der Waals surface area contributed by atoms with Crippen LogP contribution >= 0.6 is 24.8 Å². The molecule has 160 valence electrons. The molecule has 2 aliphatic rings. The zero-order chi connectivity index (χ0) is 18.5. The maximum atomic E-state index is 12.7. The minimum atomic E-state index is -0.159. The molecule has 3 rings (SSSR count). The van der Waals surface area contributed by atoms with Gasteiger partial charge in [0.25, 0.3) is 0 Å². The topological polar surface area (TPSA) is 107 Å². The number of imidazole rings is 1. The molecule has 28 heavy (non-hydrogen) atoms. The summed E-state index contributed by atoms with van der Waals surface area (Å²) in [5.74, 6) is 0.876. The van der Waals surface area contributed by atoms with Crippen molar-refractivity contribution in [3.8, 4) is 0 Å². The maximum absolute atomic E-state index is 12.7. The molecule has 4 N–H and O–H groups in total. The number of piperidine rings is 1. The first-order chi connectivity index (χ1) is 12.5. The second-order valence-electron chi connectivity index (χ2n) is 7.55. The molecule has 2 atom stereocenters. The van der Waals surface area contributed by atoms with Gasteiger partial charge in [-0.05, 0) is 25.7 Å². The van der Waals surface area contributed by atoms with Gasteiger partial charge in [0.05, 0.1) is 12.5 Å². The van der Waals surface area contributed by atoms with E-state index in [0.717, 1.165) is 51.1 Å². The molecule has 2 aliphatic heterocycles. The molecule has 0 aliphatic carbocycles. The largest absolute Gasteiger partial charge is 0.353 e. The van der Waals surface area contributed by atoms with Crippen molar-refractivity contribution in [2.24, 2.45) is 11.7 Å². The molecule has 2 fully saturated rings. The van der Waals surface area contributed by atoms with E-state index in [0.29, 0.717) is 13.1 Å². The molecule has 0 aromatic carbocycles. The molecule has 2 amide bonds. The first-order valence-corrected chi connectivity index (χ1v) is 9.53. The van der Waals surface area contributed by atoms with Crippen molar-refractivity contribution in [1.82, 2.24) is 25.1 Å². The number of amides is 2. The van der Waals surface area contributed by atoms with Gasteiger partial charge >= 0.3 is 0 Å². The van der Waals surface area contributed by atoms with E-state index in [1.54, 1.807) is 18.0 Å². The number of likely N-dealkylation sites (tertiary alicyclic amines) is 2. The lowest BCUT2D eigenvalue weighted by molar-refractivity contribution is -0.131. The Hall–Kier alpha value is -1.35. The fourth-order valence-electron chi connectivity index (χ4n) is 3.84. The number of rotatable bonds is 4. The first-order valence-electron chi connectivity index (χ1n) is 9.53. The monoisotopic (exact) mass is 434 g/mol. The summed E-state index contributed by atoms with van der Waals surface area (Å²) in [7, 11) is 0. The van der Waals surface area contributed by atoms with Gasteiger partial charge in [-0.15, -0.1) is 24.8 Å². The number of aromatic nitrogens is 2. The molecular formula is C18H32Cl2N6O2. The summed E-state index contributed by atoms with van der Waals surface area (Å²) in [5, 5.41) is 3.20. The van der Waals surface area contributed by atoms with Crippen LogP contribution < -0.4 is 11.1 Å². The highest BCUT2D eigenvalue weighted by Gasteiger charge is 2.30. The Morgan fingerprint density at radius 1 is 1.21 bits per heavy atom. The van der Waals surface area contributed by atoms with Gasteiger partial charge in [0.2, 0.25) is 11.8 Å². The lowest BCUT2D eigenvalue weighted by Gasteiger charge is -2.33. The van der Waals surface area contributed by atoms with Gasteiger partial charge in [0.1, 0.15) is 5.82 Å².